The SMILES string of the molecule is COC(=O)C(NC(=O)c1ccc(C)cc1)=C(Cl)[P+](c1ccccc1)(c1ccccc1)c1ccccc1.[O-][Cl+3]([O-])([O-])[O-]. The molecule has 41 heavy (non-hydrogen) atoms. The molecule has 1 amide bonds. The fourth-order valence-electron chi connectivity index (χ4n) is 4.09. The molecule has 0 aliphatic rings. The number of ether oxygens (including phenoxy) is 1. The Balaban J connectivity index is 0.000000850. The Morgan fingerprint density at radius 3 is 1.41 bits per heavy atom. The topological polar surface area (TPSA) is 148 Å². The van der Waals surface area contributed by atoms with Crippen LogP contribution in [-0.4, -0.2) is 19.0 Å². The van der Waals surface area contributed by atoms with E-state index in [4.69, 9.17) is 35.0 Å². The van der Waals surface area contributed by atoms with Gasteiger partial charge in [0.15, 0.2) is 13.0 Å². The van der Waals surface area contributed by atoms with Gasteiger partial charge in [-0.15, -0.1) is 10.2 Å². The van der Waals surface area contributed by atoms with E-state index in [0.29, 0.717) is 5.56 Å². The van der Waals surface area contributed by atoms with Crippen LogP contribution in [0.2, 0.25) is 0 Å². The third kappa shape index (κ3) is 8.22. The average Bonchev–Trinajstić information content (AvgIpc) is 2.97. The van der Waals surface area contributed by atoms with Crippen LogP contribution in [0.25, 0.3) is 0 Å². The molecule has 0 saturated carbocycles. The van der Waals surface area contributed by atoms with Gasteiger partial charge in [0.1, 0.15) is 15.9 Å². The van der Waals surface area contributed by atoms with E-state index in [1.807, 2.05) is 110 Å². The molecule has 0 fully saturated rings. The van der Waals surface area contributed by atoms with Crippen LogP contribution < -0.4 is 39.9 Å². The lowest BCUT2D eigenvalue weighted by Crippen LogP contribution is -2.68. The van der Waals surface area contributed by atoms with Crippen LogP contribution in [0.5, 0.6) is 0 Å². The number of hydrogen-bond acceptors (Lipinski definition) is 7. The molecular weight excluding hydrogens is 588 g/mol. The normalized spacial score (nSPS) is 11.9. The van der Waals surface area contributed by atoms with Crippen molar-refractivity contribution < 1.29 is 43.2 Å². The highest BCUT2D eigenvalue weighted by atomic mass is 35.7. The highest BCUT2D eigenvalue weighted by Crippen LogP contribution is 2.64. The Morgan fingerprint density at radius 1 is 0.707 bits per heavy atom. The van der Waals surface area contributed by atoms with Crippen LogP contribution in [0.1, 0.15) is 15.9 Å². The first-order chi connectivity index (χ1) is 19.5. The Hall–Kier alpha value is -3.59. The van der Waals surface area contributed by atoms with Gasteiger partial charge < -0.3 is 10.1 Å². The molecule has 1 N–H and O–H groups in total. The minimum absolute atomic E-state index is 0.0744. The lowest BCUT2D eigenvalue weighted by molar-refractivity contribution is -2.00. The van der Waals surface area contributed by atoms with Crippen molar-refractivity contribution in [3.63, 3.8) is 0 Å². The van der Waals surface area contributed by atoms with Gasteiger partial charge in [0, 0.05) is 5.56 Å². The van der Waals surface area contributed by atoms with E-state index < -0.39 is 29.4 Å². The lowest BCUT2D eigenvalue weighted by atomic mass is 10.1. The lowest BCUT2D eigenvalue weighted by Gasteiger charge is -2.27. The molecule has 0 aromatic heterocycles. The second-order valence-corrected chi connectivity index (χ2v) is 13.3. The number of nitrogens with one attached hydrogen (secondary N) is 1. The number of halogens is 2. The number of carbonyl (C=O) groups excluding carboxylic acids is 2. The number of carbonyl (C=O) groups is 2. The Kier molecular flexibility index (Phi) is 11.2. The van der Waals surface area contributed by atoms with Gasteiger partial charge in [0.05, 0.1) is 7.11 Å². The van der Waals surface area contributed by atoms with E-state index in [1.165, 1.54) is 7.11 Å². The first-order valence-corrected chi connectivity index (χ1v) is 15.4. The highest BCUT2D eigenvalue weighted by molar-refractivity contribution is 8.00. The molecule has 0 aliphatic heterocycles. The summed E-state index contributed by atoms with van der Waals surface area (Å²) < 4.78 is 39.3. The summed E-state index contributed by atoms with van der Waals surface area (Å²) >= 11 is 7.32. The van der Waals surface area contributed by atoms with Gasteiger partial charge >= 0.3 is 5.97 Å². The molecule has 0 saturated heterocycles. The molecule has 4 rings (SSSR count). The second kappa shape index (κ2) is 14.3. The Labute approximate surface area is 245 Å². The molecule has 0 radical (unpaired) electrons. The zero-order chi connectivity index (χ0) is 30.0. The van der Waals surface area contributed by atoms with E-state index >= 15 is 0 Å². The quantitative estimate of drug-likeness (QED) is 0.182. The third-order valence-corrected chi connectivity index (χ3v) is 10.9. The van der Waals surface area contributed by atoms with Gasteiger partial charge in [0.2, 0.25) is 4.77 Å². The number of esters is 1. The number of amides is 1. The average molecular weight is 614 g/mol. The molecule has 4 aromatic rings. The van der Waals surface area contributed by atoms with Gasteiger partial charge in [-0.3, -0.25) is 4.79 Å². The smallest absolute Gasteiger partial charge is 0.359 e. The standard InChI is InChI=1S/C30H25ClNO3P.ClHO4/c1-22-18-20-23(21-19-22)29(33)32-27(30(34)35-2)28(31)36(24-12-6-3-7-13-24,25-14-8-4-9-15-25)26-16-10-5-11-17-26;2-1(3,4)5/h3-21H,1-2H3;(H,2,3,4,5). The third-order valence-electron chi connectivity index (χ3n) is 5.87. The number of hydrogen-bond donors (Lipinski definition) is 1. The van der Waals surface area contributed by atoms with Crippen molar-refractivity contribution in [2.24, 2.45) is 0 Å². The van der Waals surface area contributed by atoms with Gasteiger partial charge in [-0.05, 0) is 67.1 Å². The molecule has 11 heteroatoms. The fraction of sp³-hybridized carbons (Fsp3) is 0.0667. The second-order valence-electron chi connectivity index (χ2n) is 8.53. The van der Waals surface area contributed by atoms with Crippen molar-refractivity contribution in [3.05, 3.63) is 137 Å². The van der Waals surface area contributed by atoms with E-state index in [-0.39, 0.29) is 10.5 Å². The molecule has 212 valence electrons. The summed E-state index contributed by atoms with van der Waals surface area (Å²) in [5.41, 5.74) is 1.36. The van der Waals surface area contributed by atoms with E-state index in [0.717, 1.165) is 21.5 Å². The maximum Gasteiger partial charge on any atom is 0.359 e. The molecule has 0 aliphatic carbocycles. The van der Waals surface area contributed by atoms with Gasteiger partial charge in [-0.2, -0.15) is 0 Å². The number of aryl methyl sites for hydroxylation is 1. The molecule has 4 aromatic carbocycles. The Bertz CT molecular complexity index is 1380. The van der Waals surface area contributed by atoms with Gasteiger partial charge in [-0.25, -0.2) is 23.4 Å². The first-order valence-electron chi connectivity index (χ1n) is 12.0. The van der Waals surface area contributed by atoms with Gasteiger partial charge in [0.25, 0.3) is 5.91 Å². The first kappa shape index (κ1) is 31.9. The van der Waals surface area contributed by atoms with Crippen molar-refractivity contribution in [2.75, 3.05) is 7.11 Å². The van der Waals surface area contributed by atoms with Crippen LogP contribution in [0.4, 0.5) is 0 Å². The highest BCUT2D eigenvalue weighted by Gasteiger charge is 2.52. The molecule has 0 spiro atoms. The van der Waals surface area contributed by atoms with Crippen molar-refractivity contribution in [1.29, 1.82) is 0 Å². The fourth-order valence-corrected chi connectivity index (χ4v) is 9.01. The monoisotopic (exact) mass is 613 g/mol. The predicted molar refractivity (Wildman–Crippen MR) is 149 cm³/mol. The largest absolute Gasteiger partial charge is 0.464 e. The summed E-state index contributed by atoms with van der Waals surface area (Å²) in [6.07, 6.45) is 0. The predicted octanol–water partition coefficient (Wildman–Crippen LogP) is 0.544. The van der Waals surface area contributed by atoms with E-state index in [1.54, 1.807) is 12.1 Å². The van der Waals surface area contributed by atoms with Crippen molar-refractivity contribution in [1.82, 2.24) is 5.32 Å². The zero-order valence-electron chi connectivity index (χ0n) is 22.0. The molecule has 0 unspecified atom stereocenters. The molecule has 0 heterocycles. The van der Waals surface area contributed by atoms with Crippen LogP contribution in [0.3, 0.4) is 0 Å². The van der Waals surface area contributed by atoms with E-state index in [2.05, 4.69) is 5.32 Å². The zero-order valence-corrected chi connectivity index (χ0v) is 24.4. The summed E-state index contributed by atoms with van der Waals surface area (Å²) in [7, 11) is -6.46. The molecule has 8 nitrogen and oxygen atoms in total. The van der Waals surface area contributed by atoms with E-state index in [9.17, 15) is 9.59 Å². The summed E-state index contributed by atoms with van der Waals surface area (Å²) in [6.45, 7) is 1.94. The van der Waals surface area contributed by atoms with Crippen molar-refractivity contribution >= 4 is 46.7 Å². The van der Waals surface area contributed by atoms with Crippen molar-refractivity contribution in [2.45, 2.75) is 6.92 Å². The Morgan fingerprint density at radius 2 is 1.07 bits per heavy atom. The summed E-state index contributed by atoms with van der Waals surface area (Å²) in [6, 6.07) is 36.6. The van der Waals surface area contributed by atoms with Crippen LogP contribution in [0, 0.1) is 17.2 Å². The van der Waals surface area contributed by atoms with Crippen LogP contribution in [0.15, 0.2) is 126 Å². The number of rotatable bonds is 7. The minimum atomic E-state index is -4.94. The maximum atomic E-state index is 13.2. The minimum Gasteiger partial charge on any atom is -0.464 e. The molecular formula is C30H26Cl2NO7P. The van der Waals surface area contributed by atoms with Crippen LogP contribution in [-0.2, 0) is 9.53 Å². The molecule has 0 bridgehead atoms. The molecule has 0 atom stereocenters. The van der Waals surface area contributed by atoms with Crippen molar-refractivity contribution in [3.8, 4) is 0 Å². The van der Waals surface area contributed by atoms with Crippen LogP contribution >= 0.6 is 18.9 Å². The summed E-state index contributed by atoms with van der Waals surface area (Å²) in [5, 5.41) is 5.61. The van der Waals surface area contributed by atoms with Gasteiger partial charge in [-0.1, -0.05) is 72.3 Å². The number of benzene rings is 4. The number of methoxy groups -OCH3 is 1. The summed E-state index contributed by atoms with van der Waals surface area (Å²) in [5.74, 6) is -1.16. The summed E-state index contributed by atoms with van der Waals surface area (Å²) in [4.78, 5) is 26.4. The maximum absolute atomic E-state index is 13.2.